The third-order valence-electron chi connectivity index (χ3n) is 6.78. The number of hydrogen-bond donors (Lipinski definition) is 1. The SMILES string of the molecule is Cc1ccc2c(c1)C1(CCN([C@H](C)C3CCCC3)CC1)CN2. The zero-order chi connectivity index (χ0) is 15.2. The average Bonchev–Trinajstić information content (AvgIpc) is 3.17. The van der Waals surface area contributed by atoms with Gasteiger partial charge in [0, 0.05) is 23.7 Å². The number of fused-ring (bicyclic) bond motifs is 2. The summed E-state index contributed by atoms with van der Waals surface area (Å²) < 4.78 is 0. The topological polar surface area (TPSA) is 15.3 Å². The lowest BCUT2D eigenvalue weighted by Crippen LogP contribution is -2.48. The smallest absolute Gasteiger partial charge is 0.0379 e. The van der Waals surface area contributed by atoms with E-state index in [0.29, 0.717) is 5.41 Å². The Bertz CT molecular complexity index is 537. The van der Waals surface area contributed by atoms with Gasteiger partial charge >= 0.3 is 0 Å². The number of benzene rings is 1. The molecule has 1 aromatic rings. The third kappa shape index (κ3) is 2.36. The lowest BCUT2D eigenvalue weighted by atomic mass is 9.73. The highest BCUT2D eigenvalue weighted by Gasteiger charge is 2.42. The molecule has 0 radical (unpaired) electrons. The van der Waals surface area contributed by atoms with E-state index in [0.717, 1.165) is 18.5 Å². The van der Waals surface area contributed by atoms with Crippen molar-refractivity contribution in [1.29, 1.82) is 0 Å². The molecular formula is C20H30N2. The monoisotopic (exact) mass is 298 g/mol. The predicted molar refractivity (Wildman–Crippen MR) is 93.6 cm³/mol. The fourth-order valence-corrected chi connectivity index (χ4v) is 5.15. The van der Waals surface area contributed by atoms with Gasteiger partial charge in [0.1, 0.15) is 0 Å². The predicted octanol–water partition coefficient (Wildman–Crippen LogP) is 4.33. The Kier molecular flexibility index (Phi) is 3.68. The van der Waals surface area contributed by atoms with Crippen LogP contribution in [-0.2, 0) is 5.41 Å². The molecule has 1 saturated carbocycles. The maximum absolute atomic E-state index is 3.67. The number of nitrogens with one attached hydrogen (secondary N) is 1. The van der Waals surface area contributed by atoms with Crippen LogP contribution in [0.3, 0.4) is 0 Å². The number of piperidine rings is 1. The van der Waals surface area contributed by atoms with E-state index < -0.39 is 0 Å². The van der Waals surface area contributed by atoms with Crippen LogP contribution in [0.1, 0.15) is 56.6 Å². The van der Waals surface area contributed by atoms with Gasteiger partial charge in [0.15, 0.2) is 0 Å². The van der Waals surface area contributed by atoms with E-state index in [1.54, 1.807) is 5.56 Å². The standard InChI is InChI=1S/C20H30N2/c1-15-7-8-19-18(13-15)20(14-21-19)9-11-22(12-10-20)16(2)17-5-3-4-6-17/h7-8,13,16-17,21H,3-6,9-12,14H2,1-2H3/t16-/m1/s1. The van der Waals surface area contributed by atoms with E-state index in [1.165, 1.54) is 62.9 Å². The Morgan fingerprint density at radius 1 is 1.18 bits per heavy atom. The summed E-state index contributed by atoms with van der Waals surface area (Å²) in [5.41, 5.74) is 4.81. The van der Waals surface area contributed by atoms with Gasteiger partial charge in [-0.05, 0) is 70.2 Å². The minimum atomic E-state index is 0.410. The van der Waals surface area contributed by atoms with E-state index in [4.69, 9.17) is 0 Å². The largest absolute Gasteiger partial charge is 0.384 e. The quantitative estimate of drug-likeness (QED) is 0.874. The first-order valence-corrected chi connectivity index (χ1v) is 9.27. The van der Waals surface area contributed by atoms with Gasteiger partial charge in [-0.15, -0.1) is 0 Å². The lowest BCUT2D eigenvalue weighted by Gasteiger charge is -2.43. The molecule has 1 aliphatic carbocycles. The van der Waals surface area contributed by atoms with E-state index in [9.17, 15) is 0 Å². The van der Waals surface area contributed by atoms with Crippen molar-refractivity contribution in [2.24, 2.45) is 5.92 Å². The molecule has 3 aliphatic rings. The molecule has 0 amide bonds. The zero-order valence-electron chi connectivity index (χ0n) is 14.2. The van der Waals surface area contributed by atoms with Crippen molar-refractivity contribution in [3.8, 4) is 0 Å². The Morgan fingerprint density at radius 2 is 1.91 bits per heavy atom. The van der Waals surface area contributed by atoms with E-state index >= 15 is 0 Å². The second-order valence-corrected chi connectivity index (χ2v) is 8.00. The summed E-state index contributed by atoms with van der Waals surface area (Å²) in [4.78, 5) is 2.79. The highest BCUT2D eigenvalue weighted by atomic mass is 15.2. The summed E-state index contributed by atoms with van der Waals surface area (Å²) in [6, 6.07) is 7.76. The van der Waals surface area contributed by atoms with Crippen molar-refractivity contribution in [2.75, 3.05) is 25.0 Å². The molecule has 1 atom stereocenters. The number of aryl methyl sites for hydroxylation is 1. The molecular weight excluding hydrogens is 268 g/mol. The van der Waals surface area contributed by atoms with Gasteiger partial charge < -0.3 is 10.2 Å². The van der Waals surface area contributed by atoms with Crippen molar-refractivity contribution < 1.29 is 0 Å². The first kappa shape index (κ1) is 14.6. The van der Waals surface area contributed by atoms with Crippen molar-refractivity contribution in [2.45, 2.75) is 63.8 Å². The van der Waals surface area contributed by atoms with E-state index in [2.05, 4.69) is 42.3 Å². The summed E-state index contributed by atoms with van der Waals surface area (Å²) >= 11 is 0. The molecule has 4 rings (SSSR count). The van der Waals surface area contributed by atoms with Gasteiger partial charge in [-0.2, -0.15) is 0 Å². The van der Waals surface area contributed by atoms with Crippen molar-refractivity contribution >= 4 is 5.69 Å². The summed E-state index contributed by atoms with van der Waals surface area (Å²) in [6.45, 7) is 8.43. The Labute approximate surface area is 135 Å². The number of anilines is 1. The van der Waals surface area contributed by atoms with Crippen LogP contribution < -0.4 is 5.32 Å². The van der Waals surface area contributed by atoms with Crippen molar-refractivity contribution in [1.82, 2.24) is 4.90 Å². The fourth-order valence-electron chi connectivity index (χ4n) is 5.15. The molecule has 2 fully saturated rings. The van der Waals surface area contributed by atoms with Gasteiger partial charge in [-0.1, -0.05) is 30.5 Å². The van der Waals surface area contributed by atoms with Crippen LogP contribution in [0, 0.1) is 12.8 Å². The molecule has 120 valence electrons. The highest BCUT2D eigenvalue weighted by Crippen LogP contribution is 2.45. The third-order valence-corrected chi connectivity index (χ3v) is 6.78. The van der Waals surface area contributed by atoms with E-state index in [-0.39, 0.29) is 0 Å². The molecule has 1 N–H and O–H groups in total. The van der Waals surface area contributed by atoms with Crippen LogP contribution in [0.2, 0.25) is 0 Å². The minimum Gasteiger partial charge on any atom is -0.384 e. The van der Waals surface area contributed by atoms with Crippen LogP contribution >= 0.6 is 0 Å². The van der Waals surface area contributed by atoms with Crippen LogP contribution in [-0.4, -0.2) is 30.6 Å². The Hall–Kier alpha value is -1.02. The summed E-state index contributed by atoms with van der Waals surface area (Å²) in [5.74, 6) is 0.963. The Balaban J connectivity index is 1.47. The van der Waals surface area contributed by atoms with Crippen LogP contribution in [0.15, 0.2) is 18.2 Å². The average molecular weight is 298 g/mol. The Morgan fingerprint density at radius 3 is 2.64 bits per heavy atom. The first-order valence-electron chi connectivity index (χ1n) is 9.27. The maximum Gasteiger partial charge on any atom is 0.0379 e. The molecule has 0 aromatic heterocycles. The molecule has 22 heavy (non-hydrogen) atoms. The molecule has 1 aromatic carbocycles. The number of nitrogens with zero attached hydrogens (tertiary/aromatic N) is 1. The van der Waals surface area contributed by atoms with Crippen LogP contribution in [0.25, 0.3) is 0 Å². The van der Waals surface area contributed by atoms with Gasteiger partial charge in [0.25, 0.3) is 0 Å². The molecule has 1 saturated heterocycles. The molecule has 2 heteroatoms. The second kappa shape index (κ2) is 5.56. The van der Waals surface area contributed by atoms with Crippen LogP contribution in [0.5, 0.6) is 0 Å². The molecule has 1 spiro atoms. The molecule has 2 heterocycles. The lowest BCUT2D eigenvalue weighted by molar-refractivity contribution is 0.0973. The maximum atomic E-state index is 3.67. The molecule has 0 unspecified atom stereocenters. The number of likely N-dealkylation sites (tertiary alicyclic amines) is 1. The normalized spacial score (nSPS) is 26.1. The van der Waals surface area contributed by atoms with Gasteiger partial charge in [0.05, 0.1) is 0 Å². The summed E-state index contributed by atoms with van der Waals surface area (Å²) in [5, 5.41) is 3.67. The summed E-state index contributed by atoms with van der Waals surface area (Å²) in [6.07, 6.45) is 8.51. The number of rotatable bonds is 2. The van der Waals surface area contributed by atoms with Gasteiger partial charge in [-0.3, -0.25) is 0 Å². The van der Waals surface area contributed by atoms with E-state index in [1.807, 2.05) is 0 Å². The summed E-state index contributed by atoms with van der Waals surface area (Å²) in [7, 11) is 0. The molecule has 2 nitrogen and oxygen atoms in total. The highest BCUT2D eigenvalue weighted by molar-refractivity contribution is 5.61. The molecule has 2 aliphatic heterocycles. The van der Waals surface area contributed by atoms with Crippen molar-refractivity contribution in [3.05, 3.63) is 29.3 Å². The van der Waals surface area contributed by atoms with Crippen molar-refractivity contribution in [3.63, 3.8) is 0 Å². The van der Waals surface area contributed by atoms with Gasteiger partial charge in [0.2, 0.25) is 0 Å². The minimum absolute atomic E-state index is 0.410. The zero-order valence-corrected chi connectivity index (χ0v) is 14.2. The number of hydrogen-bond acceptors (Lipinski definition) is 2. The fraction of sp³-hybridized carbons (Fsp3) is 0.700. The molecule has 0 bridgehead atoms. The second-order valence-electron chi connectivity index (χ2n) is 8.00. The van der Waals surface area contributed by atoms with Crippen LogP contribution in [0.4, 0.5) is 5.69 Å². The first-order chi connectivity index (χ1) is 10.7. The van der Waals surface area contributed by atoms with Gasteiger partial charge in [-0.25, -0.2) is 0 Å².